The average molecular weight is 358 g/mol. The highest BCUT2D eigenvalue weighted by Crippen LogP contribution is 2.30. The van der Waals surface area contributed by atoms with Crippen LogP contribution in [0.5, 0.6) is 17.2 Å². The second-order valence-corrected chi connectivity index (χ2v) is 6.82. The normalized spacial score (nSPS) is 19.8. The molecule has 1 heterocycles. The summed E-state index contributed by atoms with van der Waals surface area (Å²) in [6.45, 7) is 6.65. The van der Waals surface area contributed by atoms with E-state index in [9.17, 15) is 0 Å². The van der Waals surface area contributed by atoms with Gasteiger partial charge in [-0.15, -0.1) is 0 Å². The van der Waals surface area contributed by atoms with Gasteiger partial charge in [0.25, 0.3) is 0 Å². The molecule has 3 rings (SSSR count). The molecule has 5 nitrogen and oxygen atoms in total. The molecule has 1 aliphatic heterocycles. The van der Waals surface area contributed by atoms with Crippen LogP contribution in [-0.2, 0) is 13.1 Å². The minimum Gasteiger partial charge on any atom is -0.496 e. The Hall–Kier alpha value is -2.24. The number of methoxy groups -OCH3 is 3. The quantitative estimate of drug-likeness (QED) is 0.742. The summed E-state index contributed by atoms with van der Waals surface area (Å²) >= 11 is 0. The monoisotopic (exact) mass is 358 g/mol. The number of hydrogen-bond donors (Lipinski definition) is 2. The van der Waals surface area contributed by atoms with Crippen molar-refractivity contribution in [3.05, 3.63) is 53.6 Å². The van der Waals surface area contributed by atoms with E-state index >= 15 is 0 Å². The highest BCUT2D eigenvalue weighted by molar-refractivity contribution is 5.46. The molecule has 1 aliphatic rings. The number of rotatable bonds is 7. The van der Waals surface area contributed by atoms with Crippen LogP contribution in [0.3, 0.4) is 0 Å². The Morgan fingerprint density at radius 3 is 1.81 bits per heavy atom. The first-order valence-electron chi connectivity index (χ1n) is 9.24. The van der Waals surface area contributed by atoms with Crippen LogP contribution in [0.2, 0.25) is 0 Å². The van der Waals surface area contributed by atoms with Gasteiger partial charge in [-0.3, -0.25) is 0 Å². The molecule has 140 valence electrons. The zero-order valence-corrected chi connectivity index (χ0v) is 16.0. The number of benzene rings is 2. The molecule has 0 unspecified atom stereocenters. The standard InChI is InChI=1S/C21H28N2O3/c1-24-19-9-5-4-7-17(19)15-22-11-13-23(14-12-22)16-18-8-6-10-20(25-2)21(18)26-3/h4-10H,11-16H2,1-3H3/p+2. The summed E-state index contributed by atoms with van der Waals surface area (Å²) in [4.78, 5) is 3.22. The van der Waals surface area contributed by atoms with Crippen LogP contribution in [0.1, 0.15) is 11.1 Å². The number of piperazine rings is 1. The molecule has 0 radical (unpaired) electrons. The molecule has 0 spiro atoms. The lowest BCUT2D eigenvalue weighted by Crippen LogP contribution is -3.27. The second kappa shape index (κ2) is 8.92. The lowest BCUT2D eigenvalue weighted by molar-refractivity contribution is -1.02. The van der Waals surface area contributed by atoms with Gasteiger partial charge in [0.15, 0.2) is 11.5 Å². The van der Waals surface area contributed by atoms with Crippen LogP contribution in [-0.4, -0.2) is 47.5 Å². The summed E-state index contributed by atoms with van der Waals surface area (Å²) in [5.41, 5.74) is 2.51. The van der Waals surface area contributed by atoms with Crippen LogP contribution in [0.25, 0.3) is 0 Å². The molecule has 0 bridgehead atoms. The first kappa shape index (κ1) is 18.5. The highest BCUT2D eigenvalue weighted by atomic mass is 16.5. The van der Waals surface area contributed by atoms with Gasteiger partial charge in [0.05, 0.1) is 26.9 Å². The number of nitrogens with one attached hydrogen (secondary N) is 2. The minimum atomic E-state index is 0.810. The largest absolute Gasteiger partial charge is 0.496 e. The van der Waals surface area contributed by atoms with Gasteiger partial charge in [-0.2, -0.15) is 0 Å². The van der Waals surface area contributed by atoms with Crippen molar-refractivity contribution in [3.63, 3.8) is 0 Å². The Labute approximate surface area is 156 Å². The van der Waals surface area contributed by atoms with Gasteiger partial charge in [0, 0.05) is 5.56 Å². The van der Waals surface area contributed by atoms with Gasteiger partial charge in [-0.25, -0.2) is 0 Å². The Morgan fingerprint density at radius 1 is 0.654 bits per heavy atom. The van der Waals surface area contributed by atoms with Gasteiger partial charge in [0.2, 0.25) is 0 Å². The van der Waals surface area contributed by atoms with E-state index in [1.54, 1.807) is 31.1 Å². The zero-order valence-electron chi connectivity index (χ0n) is 16.0. The van der Waals surface area contributed by atoms with E-state index in [0.717, 1.165) is 43.4 Å². The van der Waals surface area contributed by atoms with Crippen molar-refractivity contribution in [1.82, 2.24) is 0 Å². The maximum absolute atomic E-state index is 5.58. The fraction of sp³-hybridized carbons (Fsp3) is 0.429. The summed E-state index contributed by atoms with van der Waals surface area (Å²) in [5, 5.41) is 0. The number of hydrogen-bond acceptors (Lipinski definition) is 3. The maximum Gasteiger partial charge on any atom is 0.169 e. The van der Waals surface area contributed by atoms with E-state index in [1.165, 1.54) is 24.2 Å². The van der Waals surface area contributed by atoms with E-state index in [2.05, 4.69) is 18.2 Å². The summed E-state index contributed by atoms with van der Waals surface area (Å²) in [6.07, 6.45) is 0. The number of quaternary nitrogens is 2. The topological polar surface area (TPSA) is 36.6 Å². The molecule has 0 aliphatic carbocycles. The minimum absolute atomic E-state index is 0.810. The Bertz CT molecular complexity index is 712. The molecule has 1 fully saturated rings. The molecule has 2 N–H and O–H groups in total. The molecule has 1 saturated heterocycles. The van der Waals surface area contributed by atoms with Crippen LogP contribution in [0.4, 0.5) is 0 Å². The van der Waals surface area contributed by atoms with Gasteiger partial charge >= 0.3 is 0 Å². The molecule has 0 atom stereocenters. The van der Waals surface area contributed by atoms with Crippen molar-refractivity contribution in [3.8, 4) is 17.2 Å². The first-order valence-corrected chi connectivity index (χ1v) is 9.24. The predicted octanol–water partition coefficient (Wildman–Crippen LogP) is 0.196. The van der Waals surface area contributed by atoms with Crippen molar-refractivity contribution < 1.29 is 24.0 Å². The summed E-state index contributed by atoms with van der Waals surface area (Å²) in [7, 11) is 5.15. The van der Waals surface area contributed by atoms with Crippen LogP contribution < -0.4 is 24.0 Å². The fourth-order valence-electron chi connectivity index (χ4n) is 3.79. The van der Waals surface area contributed by atoms with Gasteiger partial charge in [-0.05, 0) is 24.3 Å². The molecule has 2 aromatic carbocycles. The lowest BCUT2D eigenvalue weighted by atomic mass is 10.1. The molecule has 26 heavy (non-hydrogen) atoms. The van der Waals surface area contributed by atoms with Crippen molar-refractivity contribution in [2.24, 2.45) is 0 Å². The first-order chi connectivity index (χ1) is 12.7. The van der Waals surface area contributed by atoms with E-state index in [-0.39, 0.29) is 0 Å². The Kier molecular flexibility index (Phi) is 6.36. The third-order valence-corrected chi connectivity index (χ3v) is 5.22. The molecule has 0 saturated carbocycles. The molecule has 5 heteroatoms. The smallest absolute Gasteiger partial charge is 0.169 e. The van der Waals surface area contributed by atoms with Crippen molar-refractivity contribution >= 4 is 0 Å². The number of ether oxygens (including phenoxy) is 3. The van der Waals surface area contributed by atoms with Crippen molar-refractivity contribution in [2.45, 2.75) is 13.1 Å². The molecular formula is C21H30N2O3+2. The van der Waals surface area contributed by atoms with E-state index in [1.807, 2.05) is 24.3 Å². The summed E-state index contributed by atoms with van der Waals surface area (Å²) < 4.78 is 16.5. The van der Waals surface area contributed by atoms with E-state index in [4.69, 9.17) is 14.2 Å². The van der Waals surface area contributed by atoms with Crippen molar-refractivity contribution in [2.75, 3.05) is 47.5 Å². The zero-order chi connectivity index (χ0) is 18.4. The van der Waals surface area contributed by atoms with Gasteiger partial charge in [-0.1, -0.05) is 18.2 Å². The Morgan fingerprint density at radius 2 is 1.19 bits per heavy atom. The highest BCUT2D eigenvalue weighted by Gasteiger charge is 2.25. The van der Waals surface area contributed by atoms with Gasteiger partial charge < -0.3 is 24.0 Å². The lowest BCUT2D eigenvalue weighted by Gasteiger charge is -2.30. The Balaban J connectivity index is 1.58. The molecule has 0 aromatic heterocycles. The third kappa shape index (κ3) is 4.29. The summed E-state index contributed by atoms with van der Waals surface area (Å²) in [6, 6.07) is 14.5. The molecule has 0 amide bonds. The van der Waals surface area contributed by atoms with Crippen LogP contribution in [0.15, 0.2) is 42.5 Å². The molecular weight excluding hydrogens is 328 g/mol. The van der Waals surface area contributed by atoms with E-state index < -0.39 is 0 Å². The summed E-state index contributed by atoms with van der Waals surface area (Å²) in [5.74, 6) is 2.67. The average Bonchev–Trinajstić information content (AvgIpc) is 2.69. The van der Waals surface area contributed by atoms with Crippen LogP contribution in [0, 0.1) is 0 Å². The maximum atomic E-state index is 5.58. The fourth-order valence-corrected chi connectivity index (χ4v) is 3.79. The van der Waals surface area contributed by atoms with Gasteiger partial charge in [0.1, 0.15) is 45.0 Å². The predicted molar refractivity (Wildman–Crippen MR) is 101 cm³/mol. The third-order valence-electron chi connectivity index (χ3n) is 5.22. The van der Waals surface area contributed by atoms with E-state index in [0.29, 0.717) is 0 Å². The van der Waals surface area contributed by atoms with Crippen LogP contribution >= 0.6 is 0 Å². The molecule has 2 aromatic rings. The van der Waals surface area contributed by atoms with Crippen molar-refractivity contribution in [1.29, 1.82) is 0 Å². The SMILES string of the molecule is COc1ccccc1C[NH+]1CC[NH+](Cc2cccc(OC)c2OC)CC1. The number of para-hydroxylation sites is 2. The second-order valence-electron chi connectivity index (χ2n) is 6.82.